The highest BCUT2D eigenvalue weighted by Crippen LogP contribution is 2.24. The quantitative estimate of drug-likeness (QED) is 0.809. The maximum absolute atomic E-state index is 11.9. The summed E-state index contributed by atoms with van der Waals surface area (Å²) in [6.45, 7) is 1.73. The smallest absolute Gasteiger partial charge is 0.238 e. The number of β-amino-alcohol motifs (C(OH)–C–C–N with tert-alkyl or cyclic N) is 1. The number of hydrogen-bond donors (Lipinski definition) is 2. The highest BCUT2D eigenvalue weighted by molar-refractivity contribution is 7.98. The molecule has 18 heavy (non-hydrogen) atoms. The third-order valence-corrected chi connectivity index (χ3v) is 3.79. The van der Waals surface area contributed by atoms with Gasteiger partial charge in [-0.1, -0.05) is 12.1 Å². The predicted molar refractivity (Wildman–Crippen MR) is 73.9 cm³/mol. The van der Waals surface area contributed by atoms with E-state index in [4.69, 9.17) is 0 Å². The lowest BCUT2D eigenvalue weighted by Gasteiger charge is -2.15. The number of rotatable bonds is 4. The maximum Gasteiger partial charge on any atom is 0.238 e. The number of nitrogens with zero attached hydrogens (tertiary/aromatic N) is 1. The molecule has 98 valence electrons. The van der Waals surface area contributed by atoms with Crippen molar-refractivity contribution in [2.24, 2.45) is 0 Å². The van der Waals surface area contributed by atoms with Gasteiger partial charge in [0.1, 0.15) is 0 Å². The molecular weight excluding hydrogens is 248 g/mol. The Kier molecular flexibility index (Phi) is 4.63. The van der Waals surface area contributed by atoms with Gasteiger partial charge in [-0.15, -0.1) is 11.8 Å². The van der Waals surface area contributed by atoms with E-state index >= 15 is 0 Å². The number of carbonyl (C=O) groups is 1. The number of aliphatic hydroxyl groups is 1. The standard InChI is InChI=1S/C13H18N2O2S/c1-18-12-5-3-2-4-11(12)14-13(17)9-15-7-6-10(16)8-15/h2-5,10,16H,6-9H2,1H3,(H,14,17)/t10-/m1/s1. The summed E-state index contributed by atoms with van der Waals surface area (Å²) in [5, 5.41) is 12.3. The lowest BCUT2D eigenvalue weighted by atomic mass is 10.3. The van der Waals surface area contributed by atoms with Gasteiger partial charge in [0, 0.05) is 18.0 Å². The van der Waals surface area contributed by atoms with Gasteiger partial charge in [0.15, 0.2) is 0 Å². The van der Waals surface area contributed by atoms with Gasteiger partial charge in [-0.05, 0) is 24.8 Å². The van der Waals surface area contributed by atoms with Crippen LogP contribution in [0.5, 0.6) is 0 Å². The first kappa shape index (κ1) is 13.4. The number of thioether (sulfide) groups is 1. The highest BCUT2D eigenvalue weighted by Gasteiger charge is 2.22. The van der Waals surface area contributed by atoms with Gasteiger partial charge in [0.25, 0.3) is 0 Å². The summed E-state index contributed by atoms with van der Waals surface area (Å²) in [6, 6.07) is 7.76. The van der Waals surface area contributed by atoms with Crippen LogP contribution in [0.1, 0.15) is 6.42 Å². The van der Waals surface area contributed by atoms with Crippen molar-refractivity contribution >= 4 is 23.4 Å². The normalized spacial score (nSPS) is 20.0. The summed E-state index contributed by atoms with van der Waals surface area (Å²) in [5.74, 6) is -0.0226. The Hall–Kier alpha value is -1.04. The molecule has 1 atom stereocenters. The number of amides is 1. The van der Waals surface area contributed by atoms with Crippen LogP contribution < -0.4 is 5.32 Å². The number of para-hydroxylation sites is 1. The molecule has 0 aromatic heterocycles. The van der Waals surface area contributed by atoms with Crippen LogP contribution in [-0.4, -0.2) is 47.9 Å². The fraction of sp³-hybridized carbons (Fsp3) is 0.462. The van der Waals surface area contributed by atoms with Gasteiger partial charge in [0.05, 0.1) is 18.3 Å². The summed E-state index contributed by atoms with van der Waals surface area (Å²) < 4.78 is 0. The SMILES string of the molecule is CSc1ccccc1NC(=O)CN1CC[C@@H](O)C1. The first-order chi connectivity index (χ1) is 8.69. The van der Waals surface area contributed by atoms with Crippen LogP contribution in [0.3, 0.4) is 0 Å². The minimum atomic E-state index is -0.281. The van der Waals surface area contributed by atoms with Crippen LogP contribution in [0.4, 0.5) is 5.69 Å². The molecule has 1 aliphatic rings. The molecule has 2 rings (SSSR count). The molecule has 0 radical (unpaired) electrons. The largest absolute Gasteiger partial charge is 0.392 e. The van der Waals surface area contributed by atoms with Gasteiger partial charge in [-0.3, -0.25) is 9.69 Å². The number of carbonyl (C=O) groups excluding carboxylic acids is 1. The maximum atomic E-state index is 11.9. The molecular formula is C13H18N2O2S. The third kappa shape index (κ3) is 3.48. The van der Waals surface area contributed by atoms with Crippen molar-refractivity contribution in [1.82, 2.24) is 4.90 Å². The Bertz CT molecular complexity index is 425. The van der Waals surface area contributed by atoms with Gasteiger partial charge < -0.3 is 10.4 Å². The van der Waals surface area contributed by atoms with E-state index in [1.54, 1.807) is 11.8 Å². The molecule has 0 spiro atoms. The van der Waals surface area contributed by atoms with E-state index in [2.05, 4.69) is 5.32 Å². The minimum Gasteiger partial charge on any atom is -0.392 e. The number of aliphatic hydroxyl groups excluding tert-OH is 1. The Morgan fingerprint density at radius 1 is 1.56 bits per heavy atom. The second-order valence-electron chi connectivity index (χ2n) is 4.43. The molecule has 0 aliphatic carbocycles. The van der Waals surface area contributed by atoms with Gasteiger partial charge in [-0.2, -0.15) is 0 Å². The second kappa shape index (κ2) is 6.22. The van der Waals surface area contributed by atoms with Crippen molar-refractivity contribution in [3.63, 3.8) is 0 Å². The Morgan fingerprint density at radius 3 is 3.00 bits per heavy atom. The average Bonchev–Trinajstić information content (AvgIpc) is 2.75. The number of benzene rings is 1. The fourth-order valence-electron chi connectivity index (χ4n) is 2.10. The Morgan fingerprint density at radius 2 is 2.33 bits per heavy atom. The zero-order valence-electron chi connectivity index (χ0n) is 10.4. The highest BCUT2D eigenvalue weighted by atomic mass is 32.2. The second-order valence-corrected chi connectivity index (χ2v) is 5.27. The summed E-state index contributed by atoms with van der Waals surface area (Å²) in [4.78, 5) is 14.9. The van der Waals surface area contributed by atoms with Crippen LogP contribution in [0.15, 0.2) is 29.2 Å². The zero-order valence-corrected chi connectivity index (χ0v) is 11.2. The average molecular weight is 266 g/mol. The van der Waals surface area contributed by atoms with E-state index in [1.165, 1.54) is 0 Å². The van der Waals surface area contributed by atoms with Crippen molar-refractivity contribution in [1.29, 1.82) is 0 Å². The van der Waals surface area contributed by atoms with E-state index in [1.807, 2.05) is 35.4 Å². The number of likely N-dealkylation sites (tertiary alicyclic amines) is 1. The summed E-state index contributed by atoms with van der Waals surface area (Å²) in [6.07, 6.45) is 2.47. The molecule has 0 bridgehead atoms. The monoisotopic (exact) mass is 266 g/mol. The molecule has 4 nitrogen and oxygen atoms in total. The first-order valence-electron chi connectivity index (χ1n) is 6.02. The van der Waals surface area contributed by atoms with Crippen molar-refractivity contribution in [2.45, 2.75) is 17.4 Å². The Labute approximate surface area is 111 Å². The van der Waals surface area contributed by atoms with Gasteiger partial charge in [-0.25, -0.2) is 0 Å². The lowest BCUT2D eigenvalue weighted by molar-refractivity contribution is -0.117. The molecule has 0 saturated carbocycles. The number of hydrogen-bond acceptors (Lipinski definition) is 4. The van der Waals surface area contributed by atoms with E-state index in [-0.39, 0.29) is 12.0 Å². The van der Waals surface area contributed by atoms with Crippen LogP contribution in [0, 0.1) is 0 Å². The summed E-state index contributed by atoms with van der Waals surface area (Å²) >= 11 is 1.61. The number of nitrogens with one attached hydrogen (secondary N) is 1. The molecule has 1 aromatic carbocycles. The van der Waals surface area contributed by atoms with Crippen molar-refractivity contribution in [3.8, 4) is 0 Å². The van der Waals surface area contributed by atoms with E-state index in [0.717, 1.165) is 23.5 Å². The van der Waals surface area contributed by atoms with Gasteiger partial charge in [0.2, 0.25) is 5.91 Å². The van der Waals surface area contributed by atoms with Crippen LogP contribution in [0.25, 0.3) is 0 Å². The molecule has 1 saturated heterocycles. The fourth-order valence-corrected chi connectivity index (χ4v) is 2.65. The predicted octanol–water partition coefficient (Wildman–Crippen LogP) is 1.41. The van der Waals surface area contributed by atoms with Crippen molar-refractivity contribution in [3.05, 3.63) is 24.3 Å². The summed E-state index contributed by atoms with van der Waals surface area (Å²) in [7, 11) is 0. The molecule has 1 aromatic rings. The van der Waals surface area contributed by atoms with E-state index < -0.39 is 0 Å². The molecule has 1 aliphatic heterocycles. The van der Waals surface area contributed by atoms with Crippen LogP contribution >= 0.6 is 11.8 Å². The first-order valence-corrected chi connectivity index (χ1v) is 7.25. The summed E-state index contributed by atoms with van der Waals surface area (Å²) in [5.41, 5.74) is 0.856. The van der Waals surface area contributed by atoms with E-state index in [9.17, 15) is 9.90 Å². The van der Waals surface area contributed by atoms with Crippen molar-refractivity contribution < 1.29 is 9.90 Å². The molecule has 1 amide bonds. The van der Waals surface area contributed by atoms with Crippen LogP contribution in [-0.2, 0) is 4.79 Å². The third-order valence-electron chi connectivity index (χ3n) is 3.00. The molecule has 2 N–H and O–H groups in total. The minimum absolute atomic E-state index is 0.0226. The Balaban J connectivity index is 1.91. The zero-order chi connectivity index (χ0) is 13.0. The molecule has 1 heterocycles. The topological polar surface area (TPSA) is 52.6 Å². The molecule has 1 fully saturated rings. The molecule has 0 unspecified atom stereocenters. The lowest BCUT2D eigenvalue weighted by Crippen LogP contribution is -2.32. The number of anilines is 1. The van der Waals surface area contributed by atoms with Crippen molar-refractivity contribution in [2.75, 3.05) is 31.2 Å². The van der Waals surface area contributed by atoms with E-state index in [0.29, 0.717) is 13.1 Å². The van der Waals surface area contributed by atoms with Gasteiger partial charge >= 0.3 is 0 Å². The molecule has 5 heteroatoms. The van der Waals surface area contributed by atoms with Crippen LogP contribution in [0.2, 0.25) is 0 Å².